The largest absolute Gasteiger partial charge is 0.322 e. The molecule has 64 valence electrons. The topological polar surface area (TPSA) is 80.9 Å². The summed E-state index contributed by atoms with van der Waals surface area (Å²) < 4.78 is 0.619. The maximum atomic E-state index is 10.8. The molecule has 5 nitrogen and oxygen atoms in total. The molecule has 0 aromatic carbocycles. The Morgan fingerprint density at radius 1 is 1.58 bits per heavy atom. The van der Waals surface area contributed by atoms with Crippen LogP contribution in [0.15, 0.2) is 17.0 Å². The second-order valence-corrected chi connectivity index (χ2v) is 2.79. The van der Waals surface area contributed by atoms with Crippen molar-refractivity contribution in [1.82, 2.24) is 9.97 Å². The molecule has 0 aliphatic carbocycles. The normalized spacial score (nSPS) is 9.50. The monoisotopic (exact) mass is 230 g/mol. The number of carbonyl (C=O) groups excluding carboxylic acids is 1. The highest BCUT2D eigenvalue weighted by molar-refractivity contribution is 9.10. The van der Waals surface area contributed by atoms with Crippen LogP contribution in [0.1, 0.15) is 0 Å². The first kappa shape index (κ1) is 9.08. The fourth-order valence-corrected chi connectivity index (χ4v) is 0.775. The number of hydrogen-bond acceptors (Lipinski definition) is 4. The highest BCUT2D eigenvalue weighted by atomic mass is 79.9. The molecule has 0 atom stereocenters. The molecule has 3 N–H and O–H groups in total. The average molecular weight is 231 g/mol. The molecule has 1 aromatic rings. The fraction of sp³-hybridized carbons (Fsp3) is 0.167. The summed E-state index contributed by atoms with van der Waals surface area (Å²) in [6.45, 7) is -0.0578. The molecule has 0 aliphatic rings. The van der Waals surface area contributed by atoms with Crippen LogP contribution in [0, 0.1) is 0 Å². The number of nitrogens with zero attached hydrogens (tertiary/aromatic N) is 2. The molecule has 0 unspecified atom stereocenters. The average Bonchev–Trinajstić information content (AvgIpc) is 2.09. The quantitative estimate of drug-likeness (QED) is 0.758. The Morgan fingerprint density at radius 3 is 2.83 bits per heavy atom. The van der Waals surface area contributed by atoms with E-state index < -0.39 is 0 Å². The van der Waals surface area contributed by atoms with Gasteiger partial charge >= 0.3 is 0 Å². The van der Waals surface area contributed by atoms with Crippen molar-refractivity contribution < 1.29 is 4.79 Å². The summed E-state index contributed by atoms with van der Waals surface area (Å²) in [5.74, 6) is 0.111. The van der Waals surface area contributed by atoms with Crippen LogP contribution in [0.2, 0.25) is 0 Å². The predicted octanol–water partition coefficient (Wildman–Crippen LogP) is 0.136. The standard InChI is InChI=1S/C6H7BrN4O/c7-4-2-10-5(3-9-4)11-6(12)1-8/h2-3H,1,8H2,(H,10,11,12). The summed E-state index contributed by atoms with van der Waals surface area (Å²) in [4.78, 5) is 18.5. The van der Waals surface area contributed by atoms with Crippen molar-refractivity contribution in [3.63, 3.8) is 0 Å². The third-order valence-electron chi connectivity index (χ3n) is 1.07. The minimum Gasteiger partial charge on any atom is -0.322 e. The van der Waals surface area contributed by atoms with Gasteiger partial charge in [0.15, 0.2) is 5.82 Å². The summed E-state index contributed by atoms with van der Waals surface area (Å²) in [5, 5.41) is 2.46. The lowest BCUT2D eigenvalue weighted by atomic mass is 10.5. The lowest BCUT2D eigenvalue weighted by Gasteiger charge is -2.00. The lowest BCUT2D eigenvalue weighted by Crippen LogP contribution is -2.22. The Labute approximate surface area is 77.5 Å². The van der Waals surface area contributed by atoms with Crippen molar-refractivity contribution in [3.05, 3.63) is 17.0 Å². The van der Waals surface area contributed by atoms with Crippen LogP contribution < -0.4 is 11.1 Å². The zero-order valence-corrected chi connectivity index (χ0v) is 7.71. The third kappa shape index (κ3) is 2.55. The third-order valence-corrected chi connectivity index (χ3v) is 1.48. The Bertz CT molecular complexity index is 273. The van der Waals surface area contributed by atoms with Crippen LogP contribution in [0.4, 0.5) is 5.82 Å². The molecule has 1 rings (SSSR count). The summed E-state index contributed by atoms with van der Waals surface area (Å²) in [5.41, 5.74) is 5.08. The Hall–Kier alpha value is -1.01. The fourth-order valence-electron chi connectivity index (χ4n) is 0.571. The van der Waals surface area contributed by atoms with Gasteiger partial charge in [-0.3, -0.25) is 4.79 Å². The van der Waals surface area contributed by atoms with E-state index >= 15 is 0 Å². The van der Waals surface area contributed by atoms with Crippen LogP contribution >= 0.6 is 15.9 Å². The van der Waals surface area contributed by atoms with E-state index in [-0.39, 0.29) is 12.5 Å². The van der Waals surface area contributed by atoms with Crippen LogP contribution in [0.5, 0.6) is 0 Å². The molecule has 0 radical (unpaired) electrons. The van der Waals surface area contributed by atoms with Gasteiger partial charge in [-0.05, 0) is 15.9 Å². The summed E-state index contributed by atoms with van der Waals surface area (Å²) in [6.07, 6.45) is 2.93. The zero-order valence-electron chi connectivity index (χ0n) is 6.12. The number of nitrogens with two attached hydrogens (primary N) is 1. The first-order chi connectivity index (χ1) is 5.72. The molecule has 1 amide bonds. The van der Waals surface area contributed by atoms with E-state index in [4.69, 9.17) is 5.73 Å². The molecular formula is C6H7BrN4O. The number of hydrogen-bond donors (Lipinski definition) is 2. The van der Waals surface area contributed by atoms with Gasteiger partial charge in [0.1, 0.15) is 4.60 Å². The van der Waals surface area contributed by atoms with Crippen LogP contribution in [-0.2, 0) is 4.79 Å². The molecule has 12 heavy (non-hydrogen) atoms. The highest BCUT2D eigenvalue weighted by Crippen LogP contribution is 2.05. The maximum Gasteiger partial charge on any atom is 0.239 e. The number of rotatable bonds is 2. The molecule has 0 saturated carbocycles. The van der Waals surface area contributed by atoms with Crippen molar-refractivity contribution in [3.8, 4) is 0 Å². The number of anilines is 1. The van der Waals surface area contributed by atoms with Gasteiger partial charge in [0.05, 0.1) is 18.9 Å². The molecule has 1 aromatic heterocycles. The van der Waals surface area contributed by atoms with Crippen LogP contribution in [0.3, 0.4) is 0 Å². The molecule has 6 heteroatoms. The van der Waals surface area contributed by atoms with E-state index in [1.165, 1.54) is 12.4 Å². The molecule has 0 saturated heterocycles. The van der Waals surface area contributed by atoms with Crippen molar-refractivity contribution in [1.29, 1.82) is 0 Å². The molecular weight excluding hydrogens is 224 g/mol. The van der Waals surface area contributed by atoms with Gasteiger partial charge in [-0.2, -0.15) is 0 Å². The van der Waals surface area contributed by atoms with Gasteiger partial charge in [-0.25, -0.2) is 9.97 Å². The van der Waals surface area contributed by atoms with Crippen molar-refractivity contribution in [2.45, 2.75) is 0 Å². The van der Waals surface area contributed by atoms with Crippen LogP contribution in [-0.4, -0.2) is 22.4 Å². The first-order valence-corrected chi connectivity index (χ1v) is 3.99. The van der Waals surface area contributed by atoms with E-state index in [1.54, 1.807) is 0 Å². The lowest BCUT2D eigenvalue weighted by molar-refractivity contribution is -0.114. The zero-order chi connectivity index (χ0) is 8.97. The van der Waals surface area contributed by atoms with E-state index in [0.717, 1.165) is 0 Å². The van der Waals surface area contributed by atoms with Gasteiger partial charge < -0.3 is 11.1 Å². The van der Waals surface area contributed by atoms with Gasteiger partial charge in [-0.15, -0.1) is 0 Å². The summed E-state index contributed by atoms with van der Waals surface area (Å²) >= 11 is 3.12. The highest BCUT2D eigenvalue weighted by Gasteiger charge is 1.99. The van der Waals surface area contributed by atoms with Gasteiger partial charge in [0.2, 0.25) is 5.91 Å². The number of nitrogens with one attached hydrogen (secondary N) is 1. The Balaban J connectivity index is 2.64. The summed E-state index contributed by atoms with van der Waals surface area (Å²) in [6, 6.07) is 0. The van der Waals surface area contributed by atoms with Gasteiger partial charge in [0.25, 0.3) is 0 Å². The van der Waals surface area contributed by atoms with Gasteiger partial charge in [-0.1, -0.05) is 0 Å². The minimum absolute atomic E-state index is 0.0578. The van der Waals surface area contributed by atoms with E-state index in [2.05, 4.69) is 31.2 Å². The van der Waals surface area contributed by atoms with Crippen molar-refractivity contribution in [2.24, 2.45) is 5.73 Å². The minimum atomic E-state index is -0.286. The molecule has 0 bridgehead atoms. The van der Waals surface area contributed by atoms with Crippen molar-refractivity contribution >= 4 is 27.7 Å². The SMILES string of the molecule is NCC(=O)Nc1cnc(Br)cn1. The van der Waals surface area contributed by atoms with E-state index in [1.807, 2.05) is 0 Å². The van der Waals surface area contributed by atoms with Crippen LogP contribution in [0.25, 0.3) is 0 Å². The maximum absolute atomic E-state index is 10.8. The molecule has 0 aliphatic heterocycles. The number of aromatic nitrogens is 2. The number of carbonyl (C=O) groups is 1. The predicted molar refractivity (Wildman–Crippen MR) is 47.4 cm³/mol. The number of halogens is 1. The van der Waals surface area contributed by atoms with E-state index in [0.29, 0.717) is 10.4 Å². The summed E-state index contributed by atoms with van der Waals surface area (Å²) in [7, 11) is 0. The Morgan fingerprint density at radius 2 is 2.33 bits per heavy atom. The van der Waals surface area contributed by atoms with Gasteiger partial charge in [0, 0.05) is 0 Å². The van der Waals surface area contributed by atoms with Crippen molar-refractivity contribution in [2.75, 3.05) is 11.9 Å². The number of amides is 1. The molecule has 0 spiro atoms. The smallest absolute Gasteiger partial charge is 0.239 e. The second kappa shape index (κ2) is 4.13. The van der Waals surface area contributed by atoms with E-state index in [9.17, 15) is 4.79 Å². The molecule has 1 heterocycles. The second-order valence-electron chi connectivity index (χ2n) is 1.98. The molecule has 0 fully saturated rings. The first-order valence-electron chi connectivity index (χ1n) is 3.20. The Kier molecular flexibility index (Phi) is 3.12.